The first-order valence-electron chi connectivity index (χ1n) is 4.86. The van der Waals surface area contributed by atoms with Crippen LogP contribution in [-0.4, -0.2) is 14.9 Å². The van der Waals surface area contributed by atoms with Gasteiger partial charge in [-0.25, -0.2) is 4.98 Å². The molecule has 2 rings (SSSR count). The van der Waals surface area contributed by atoms with E-state index >= 15 is 0 Å². The van der Waals surface area contributed by atoms with Crippen LogP contribution in [0, 0.1) is 21.4 Å². The smallest absolute Gasteiger partial charge is 0.270 e. The Bertz CT molecular complexity index is 715. The van der Waals surface area contributed by atoms with Crippen LogP contribution in [0.25, 0.3) is 11.4 Å². The fourth-order valence-electron chi connectivity index (χ4n) is 1.39. The van der Waals surface area contributed by atoms with E-state index in [1.165, 1.54) is 18.2 Å². The third-order valence-electron chi connectivity index (χ3n) is 2.25. The van der Waals surface area contributed by atoms with Crippen LogP contribution >= 0.6 is 0 Å². The van der Waals surface area contributed by atoms with Crippen molar-refractivity contribution in [3.8, 4) is 17.5 Å². The van der Waals surface area contributed by atoms with E-state index < -0.39 is 10.5 Å². The molecular weight excluding hydrogens is 236 g/mol. The van der Waals surface area contributed by atoms with E-state index in [2.05, 4.69) is 9.97 Å². The molecule has 0 amide bonds. The number of nitro groups is 1. The Balaban J connectivity index is 2.53. The van der Waals surface area contributed by atoms with E-state index in [0.29, 0.717) is 5.56 Å². The number of nitrogens with one attached hydrogen (secondary N) is 1. The van der Waals surface area contributed by atoms with Gasteiger partial charge >= 0.3 is 0 Å². The van der Waals surface area contributed by atoms with Gasteiger partial charge in [-0.05, 0) is 0 Å². The number of H-pyrrole nitrogens is 1. The van der Waals surface area contributed by atoms with E-state index in [9.17, 15) is 14.9 Å². The molecule has 0 fully saturated rings. The topological polar surface area (TPSA) is 113 Å². The van der Waals surface area contributed by atoms with Gasteiger partial charge in [-0.15, -0.1) is 0 Å². The summed E-state index contributed by atoms with van der Waals surface area (Å²) in [6, 6.07) is 7.40. The number of nitriles is 1. The highest BCUT2D eigenvalue weighted by Crippen LogP contribution is 2.19. The number of non-ortho nitro benzene ring substituents is 1. The number of benzene rings is 1. The lowest BCUT2D eigenvalue weighted by atomic mass is 10.2. The minimum Gasteiger partial charge on any atom is -0.305 e. The molecule has 18 heavy (non-hydrogen) atoms. The highest BCUT2D eigenvalue weighted by atomic mass is 16.6. The van der Waals surface area contributed by atoms with Gasteiger partial charge in [-0.2, -0.15) is 5.26 Å². The molecular formula is C11H6N4O3. The minimum absolute atomic E-state index is 0.0977. The molecule has 1 aromatic heterocycles. The molecule has 0 saturated carbocycles. The average Bonchev–Trinajstić information content (AvgIpc) is 2.38. The molecule has 0 radical (unpaired) electrons. The molecule has 2 aromatic rings. The number of hydrogen-bond donors (Lipinski definition) is 1. The van der Waals surface area contributed by atoms with Crippen LogP contribution in [0.15, 0.2) is 35.3 Å². The van der Waals surface area contributed by atoms with E-state index in [-0.39, 0.29) is 17.1 Å². The lowest BCUT2D eigenvalue weighted by Gasteiger charge is -2.00. The van der Waals surface area contributed by atoms with Crippen molar-refractivity contribution in [3.63, 3.8) is 0 Å². The van der Waals surface area contributed by atoms with Gasteiger partial charge in [-0.1, -0.05) is 12.1 Å². The molecule has 0 aliphatic carbocycles. The van der Waals surface area contributed by atoms with Gasteiger partial charge in [0.05, 0.1) is 11.1 Å². The average molecular weight is 242 g/mol. The number of aromatic amines is 1. The molecule has 0 bridgehead atoms. The van der Waals surface area contributed by atoms with Crippen LogP contribution in [0.2, 0.25) is 0 Å². The Hall–Kier alpha value is -3.01. The Morgan fingerprint density at radius 2 is 2.22 bits per heavy atom. The molecule has 0 saturated heterocycles. The summed E-state index contributed by atoms with van der Waals surface area (Å²) in [5, 5.41) is 19.2. The van der Waals surface area contributed by atoms with E-state index in [1.807, 2.05) is 0 Å². The number of rotatable bonds is 2. The first kappa shape index (κ1) is 11.5. The highest BCUT2D eigenvalue weighted by molar-refractivity contribution is 5.59. The van der Waals surface area contributed by atoms with Crippen molar-refractivity contribution >= 4 is 5.69 Å². The zero-order valence-electron chi connectivity index (χ0n) is 8.95. The molecule has 1 N–H and O–H groups in total. The normalized spacial score (nSPS) is 9.72. The number of aromatic nitrogens is 2. The summed E-state index contributed by atoms with van der Waals surface area (Å²) in [5.41, 5.74) is -0.372. The van der Waals surface area contributed by atoms with E-state index in [0.717, 1.165) is 6.20 Å². The third-order valence-corrected chi connectivity index (χ3v) is 2.25. The second-order valence-electron chi connectivity index (χ2n) is 3.39. The fraction of sp³-hybridized carbons (Fsp3) is 0. The molecule has 0 aliphatic rings. The molecule has 1 aromatic carbocycles. The van der Waals surface area contributed by atoms with Crippen molar-refractivity contribution in [2.45, 2.75) is 0 Å². The predicted octanol–water partition coefficient (Wildman–Crippen LogP) is 1.22. The summed E-state index contributed by atoms with van der Waals surface area (Å²) in [7, 11) is 0. The van der Waals surface area contributed by atoms with Crippen molar-refractivity contribution in [3.05, 3.63) is 56.5 Å². The Kier molecular flexibility index (Phi) is 2.85. The van der Waals surface area contributed by atoms with E-state index in [4.69, 9.17) is 5.26 Å². The monoisotopic (exact) mass is 242 g/mol. The maximum atomic E-state index is 11.4. The van der Waals surface area contributed by atoms with Gasteiger partial charge in [-0.3, -0.25) is 14.9 Å². The van der Waals surface area contributed by atoms with Crippen molar-refractivity contribution in [2.75, 3.05) is 0 Å². The molecule has 0 aliphatic heterocycles. The summed E-state index contributed by atoms with van der Waals surface area (Å²) >= 11 is 0. The van der Waals surface area contributed by atoms with Crippen LogP contribution in [0.4, 0.5) is 5.69 Å². The molecule has 7 heteroatoms. The van der Waals surface area contributed by atoms with Crippen molar-refractivity contribution in [1.29, 1.82) is 5.26 Å². The second-order valence-corrected chi connectivity index (χ2v) is 3.39. The quantitative estimate of drug-likeness (QED) is 0.628. The van der Waals surface area contributed by atoms with Gasteiger partial charge in [0, 0.05) is 17.7 Å². The molecule has 1 heterocycles. The Morgan fingerprint density at radius 3 is 2.83 bits per heavy atom. The molecule has 7 nitrogen and oxygen atoms in total. The predicted molar refractivity (Wildman–Crippen MR) is 61.7 cm³/mol. The van der Waals surface area contributed by atoms with Crippen LogP contribution in [0.3, 0.4) is 0 Å². The van der Waals surface area contributed by atoms with Crippen molar-refractivity contribution in [2.24, 2.45) is 0 Å². The first-order chi connectivity index (χ1) is 8.61. The zero-order valence-corrected chi connectivity index (χ0v) is 8.95. The SMILES string of the molecule is N#Cc1cnc(-c2cccc([N+](=O)[O-])c2)[nH]c1=O. The number of hydrogen-bond acceptors (Lipinski definition) is 5. The summed E-state index contributed by atoms with van der Waals surface area (Å²) in [5.74, 6) is 0.183. The maximum absolute atomic E-state index is 11.4. The van der Waals surface area contributed by atoms with Crippen LogP contribution in [-0.2, 0) is 0 Å². The largest absolute Gasteiger partial charge is 0.305 e. The lowest BCUT2D eigenvalue weighted by molar-refractivity contribution is -0.384. The maximum Gasteiger partial charge on any atom is 0.270 e. The number of nitrogens with zero attached hydrogens (tertiary/aromatic N) is 3. The lowest BCUT2D eigenvalue weighted by Crippen LogP contribution is -2.12. The Labute approximate surface area is 100 Å². The second kappa shape index (κ2) is 4.47. The minimum atomic E-state index is -0.575. The fourth-order valence-corrected chi connectivity index (χ4v) is 1.39. The van der Waals surface area contributed by atoms with Gasteiger partial charge in [0.2, 0.25) is 0 Å². The van der Waals surface area contributed by atoms with Crippen LogP contribution in [0.5, 0.6) is 0 Å². The zero-order chi connectivity index (χ0) is 13.1. The van der Waals surface area contributed by atoms with Crippen molar-refractivity contribution < 1.29 is 4.92 Å². The van der Waals surface area contributed by atoms with Crippen LogP contribution in [0.1, 0.15) is 5.56 Å². The van der Waals surface area contributed by atoms with Gasteiger partial charge in [0.1, 0.15) is 17.5 Å². The summed E-state index contributed by atoms with van der Waals surface area (Å²) in [6.07, 6.45) is 1.13. The standard InChI is InChI=1S/C11H6N4O3/c12-5-8-6-13-10(14-11(8)16)7-2-1-3-9(4-7)15(17)18/h1-4,6H,(H,13,14,16). The summed E-state index contributed by atoms with van der Waals surface area (Å²) < 4.78 is 0. The first-order valence-corrected chi connectivity index (χ1v) is 4.86. The Morgan fingerprint density at radius 1 is 1.44 bits per heavy atom. The molecule has 0 unspecified atom stereocenters. The van der Waals surface area contributed by atoms with Crippen LogP contribution < -0.4 is 5.56 Å². The molecule has 88 valence electrons. The van der Waals surface area contributed by atoms with Crippen molar-refractivity contribution in [1.82, 2.24) is 9.97 Å². The summed E-state index contributed by atoms with van der Waals surface area (Å²) in [6.45, 7) is 0. The third kappa shape index (κ3) is 2.08. The van der Waals surface area contributed by atoms with Gasteiger partial charge < -0.3 is 4.98 Å². The highest BCUT2D eigenvalue weighted by Gasteiger charge is 2.09. The van der Waals surface area contributed by atoms with E-state index in [1.54, 1.807) is 12.1 Å². The molecule has 0 spiro atoms. The van der Waals surface area contributed by atoms with Gasteiger partial charge in [0.15, 0.2) is 0 Å². The van der Waals surface area contributed by atoms with Gasteiger partial charge in [0.25, 0.3) is 11.2 Å². The summed E-state index contributed by atoms with van der Waals surface area (Å²) in [4.78, 5) is 27.8. The number of nitro benzene ring substituents is 1. The molecule has 0 atom stereocenters.